The van der Waals surface area contributed by atoms with Crippen LogP contribution in [-0.2, 0) is 0 Å². The van der Waals surface area contributed by atoms with Crippen molar-refractivity contribution in [3.8, 4) is 40.1 Å². The topological polar surface area (TPSA) is 108 Å². The molecule has 526 valence electrons. The number of benzene rings is 8. The maximum Gasteiger partial charge on any atom is 0.328 e. The highest BCUT2D eigenvalue weighted by Crippen LogP contribution is 2.40. The van der Waals surface area contributed by atoms with Gasteiger partial charge in [0, 0.05) is 44.8 Å². The van der Waals surface area contributed by atoms with Gasteiger partial charge < -0.3 is 18.4 Å². The van der Waals surface area contributed by atoms with Gasteiger partial charge in [0.25, 0.3) is 0 Å². The van der Waals surface area contributed by atoms with E-state index in [1.54, 1.807) is 12.4 Å². The van der Waals surface area contributed by atoms with E-state index in [4.69, 9.17) is 34.3 Å². The first-order valence-electron chi connectivity index (χ1n) is 37.6. The Balaban J connectivity index is 1.33. The number of unbranched alkanes of at least 4 members (excludes halogenated alkanes) is 1. The van der Waals surface area contributed by atoms with Gasteiger partial charge in [0.15, 0.2) is 0 Å². The van der Waals surface area contributed by atoms with Crippen LogP contribution in [0, 0.1) is 80.1 Å². The Hall–Kier alpha value is -10.3. The molecule has 104 heavy (non-hydrogen) atoms. The van der Waals surface area contributed by atoms with Gasteiger partial charge in [-0.3, -0.25) is 15.0 Å². The summed E-state index contributed by atoms with van der Waals surface area (Å²) in [6.45, 7) is 41.7. The second-order valence-electron chi connectivity index (χ2n) is 31.7. The quantitative estimate of drug-likeness (QED) is 0.0392. The largest absolute Gasteiger partial charge is 0.493 e. The van der Waals surface area contributed by atoms with E-state index >= 15 is 0 Å². The predicted octanol–water partition coefficient (Wildman–Crippen LogP) is 18.5. The Labute approximate surface area is 618 Å². The SMILES string of the molecule is [C-]#[N+]/C(c1cnc2cc(C)c(C)cc2n1)=c1\c2c(-c3cccc(OCC(CCC(C)CC(C)(C)C)C(C)CC(C)(C)C)c3)n(B(c3ccccc3)c3ccccc3)/c(=C(/C#N)c3cnc4cc(C)c(C)cc4n3)c2c(-c2cccc(OCC(CC)CCCC)c2)n1B(c1ccccc1)c1ccccc1. The number of hydrogen-bond acceptors (Lipinski definition) is 7. The minimum absolute atomic E-state index is 0.123. The third-order valence-corrected chi connectivity index (χ3v) is 21.1. The number of rotatable bonds is 26. The molecule has 0 aliphatic heterocycles. The fraction of sp³-hybridized carbons (Fsp3) is 0.326. The molecular formula is C92H100B2N8O2. The summed E-state index contributed by atoms with van der Waals surface area (Å²) in [6, 6.07) is 70.7. The average Bonchev–Trinajstić information content (AvgIpc) is 1.52. The van der Waals surface area contributed by atoms with Gasteiger partial charge in [-0.05, 0) is 159 Å². The zero-order valence-electron chi connectivity index (χ0n) is 63.6. The van der Waals surface area contributed by atoms with Gasteiger partial charge in [0.2, 0.25) is 5.70 Å². The van der Waals surface area contributed by atoms with Crippen molar-refractivity contribution in [2.24, 2.45) is 34.5 Å². The Kier molecular flexibility index (Phi) is 22.7. The third kappa shape index (κ3) is 16.4. The van der Waals surface area contributed by atoms with Crippen molar-refractivity contribution in [3.63, 3.8) is 0 Å². The summed E-state index contributed by atoms with van der Waals surface area (Å²) < 4.78 is 19.2. The molecule has 8 aromatic carbocycles. The number of ether oxygens (including phenoxy) is 2. The van der Waals surface area contributed by atoms with Crippen molar-refractivity contribution >= 4 is 79.7 Å². The van der Waals surface area contributed by atoms with Crippen LogP contribution < -0.4 is 42.0 Å². The highest BCUT2D eigenvalue weighted by Gasteiger charge is 2.38. The lowest BCUT2D eigenvalue weighted by Crippen LogP contribution is -2.54. The molecule has 0 amide bonds. The second kappa shape index (κ2) is 32.2. The van der Waals surface area contributed by atoms with Crippen LogP contribution in [-0.4, -0.2) is 55.8 Å². The van der Waals surface area contributed by atoms with Crippen LogP contribution in [0.4, 0.5) is 0 Å². The summed E-state index contributed by atoms with van der Waals surface area (Å²) in [5.74, 6) is 3.00. The fourth-order valence-corrected chi connectivity index (χ4v) is 15.8. The summed E-state index contributed by atoms with van der Waals surface area (Å²) >= 11 is 0. The van der Waals surface area contributed by atoms with E-state index in [0.29, 0.717) is 75.4 Å². The second-order valence-corrected chi connectivity index (χ2v) is 31.7. The average molecular weight is 1370 g/mol. The minimum atomic E-state index is -0.612. The van der Waals surface area contributed by atoms with E-state index in [2.05, 4.69) is 306 Å². The number of nitriles is 1. The molecule has 0 radical (unpaired) electrons. The van der Waals surface area contributed by atoms with E-state index in [-0.39, 0.29) is 22.4 Å². The highest BCUT2D eigenvalue weighted by molar-refractivity contribution is 6.85. The first-order valence-corrected chi connectivity index (χ1v) is 37.6. The molecule has 0 spiro atoms. The van der Waals surface area contributed by atoms with Crippen molar-refractivity contribution in [1.82, 2.24) is 28.9 Å². The molecular weight excluding hydrogens is 1270 g/mol. The molecule has 0 bridgehead atoms. The van der Waals surface area contributed by atoms with Gasteiger partial charge in [-0.25, -0.2) is 9.83 Å². The summed E-state index contributed by atoms with van der Waals surface area (Å²) in [5.41, 5.74) is 15.9. The first kappa shape index (κ1) is 73.5. The molecule has 4 heterocycles. The van der Waals surface area contributed by atoms with E-state index in [1.165, 1.54) is 0 Å². The molecule has 0 N–H and O–H groups in total. The molecule has 0 aliphatic carbocycles. The van der Waals surface area contributed by atoms with Crippen molar-refractivity contribution in [2.45, 2.75) is 148 Å². The Bertz CT molecular complexity index is 5040. The smallest absolute Gasteiger partial charge is 0.328 e. The standard InChI is InChI=1S/C92H100B2N8O2/c1-16-18-33-67(17-2)59-103-75-44-31-34-68(52-75)87-84-85(90(86(96-15)83-58-98-79-49-63(5)65(7)51-81(79)100-83)102(87)94(73-40-27-21-28-41-73)74-42-29-22-30-43-74)88(69-35-32-45-76(53-69)104-60-70(66(8)55-92(12,13)14)47-46-61(3)54-91(9,10)11)101(93(71-36-23-19-24-37-71)72-38-25-20-26-39-72)89(84)77(56-95)82-57-97-78-48-62(4)64(6)50-80(78)99-82/h19-32,34-45,48-53,57-58,61,66-67,70H,16-18,33,46-47,54-55,59-60H2,1-14H3/b89-77-,90-86+. The number of aryl methyl sites for hydroxylation is 4. The predicted molar refractivity (Wildman–Crippen MR) is 435 cm³/mol. The van der Waals surface area contributed by atoms with Crippen molar-refractivity contribution < 1.29 is 9.47 Å². The summed E-state index contributed by atoms with van der Waals surface area (Å²) in [5, 5.41) is 15.5. The number of fused-ring (bicyclic) bond motifs is 3. The van der Waals surface area contributed by atoms with Crippen LogP contribution in [0.15, 0.2) is 207 Å². The van der Waals surface area contributed by atoms with Crippen LogP contribution in [0.25, 0.3) is 71.5 Å². The molecule has 4 atom stereocenters. The fourth-order valence-electron chi connectivity index (χ4n) is 15.8. The van der Waals surface area contributed by atoms with Gasteiger partial charge in [0.1, 0.15) is 28.8 Å². The Morgan fingerprint density at radius 3 is 1.39 bits per heavy atom. The summed E-state index contributed by atoms with van der Waals surface area (Å²) in [4.78, 5) is 26.3. The van der Waals surface area contributed by atoms with Crippen molar-refractivity contribution in [3.05, 3.63) is 262 Å². The Morgan fingerprint density at radius 2 is 0.952 bits per heavy atom. The van der Waals surface area contributed by atoms with Crippen LogP contribution in [0.5, 0.6) is 11.5 Å². The van der Waals surface area contributed by atoms with Crippen molar-refractivity contribution in [2.75, 3.05) is 13.2 Å². The lowest BCUT2D eigenvalue weighted by molar-refractivity contribution is 0.147. The van der Waals surface area contributed by atoms with E-state index in [0.717, 1.165) is 146 Å². The lowest BCUT2D eigenvalue weighted by Gasteiger charge is -2.31. The number of hydrogen-bond donors (Lipinski definition) is 0. The van der Waals surface area contributed by atoms with Crippen LogP contribution in [0.2, 0.25) is 0 Å². The highest BCUT2D eigenvalue weighted by atomic mass is 16.5. The van der Waals surface area contributed by atoms with E-state index < -0.39 is 13.7 Å². The zero-order valence-corrected chi connectivity index (χ0v) is 63.6. The number of aromatic nitrogens is 6. The van der Waals surface area contributed by atoms with E-state index in [9.17, 15) is 11.8 Å². The monoisotopic (exact) mass is 1370 g/mol. The molecule has 4 unspecified atom stereocenters. The van der Waals surface area contributed by atoms with Crippen molar-refractivity contribution in [1.29, 1.82) is 5.26 Å². The Morgan fingerprint density at radius 1 is 0.519 bits per heavy atom. The van der Waals surface area contributed by atoms with Gasteiger partial charge in [-0.2, -0.15) is 5.26 Å². The number of nitrogens with zero attached hydrogens (tertiary/aromatic N) is 8. The molecule has 12 rings (SSSR count). The lowest BCUT2D eigenvalue weighted by atomic mass is 9.50. The maximum atomic E-state index is 12.8. The molecule has 4 aromatic heterocycles. The van der Waals surface area contributed by atoms with Crippen LogP contribution >= 0.6 is 0 Å². The third-order valence-electron chi connectivity index (χ3n) is 21.1. The van der Waals surface area contributed by atoms with Gasteiger partial charge in [-0.15, -0.1) is 0 Å². The zero-order chi connectivity index (χ0) is 73.4. The molecule has 0 fully saturated rings. The molecule has 12 aromatic rings. The van der Waals surface area contributed by atoms with E-state index in [1.807, 2.05) is 0 Å². The molecule has 0 aliphatic rings. The minimum Gasteiger partial charge on any atom is -0.493 e. The van der Waals surface area contributed by atoms with Gasteiger partial charge in [-0.1, -0.05) is 262 Å². The summed E-state index contributed by atoms with van der Waals surface area (Å²) in [7, 11) is 0. The molecule has 0 saturated heterocycles. The first-order chi connectivity index (χ1) is 50.1. The molecule has 12 heteroatoms. The maximum absolute atomic E-state index is 12.8. The van der Waals surface area contributed by atoms with Crippen LogP contribution in [0.3, 0.4) is 0 Å². The van der Waals surface area contributed by atoms with Crippen LogP contribution in [0.1, 0.15) is 154 Å². The summed E-state index contributed by atoms with van der Waals surface area (Å²) in [6.07, 6.45) is 12.2. The van der Waals surface area contributed by atoms with Gasteiger partial charge in [0.05, 0.1) is 59.1 Å². The van der Waals surface area contributed by atoms with Gasteiger partial charge >= 0.3 is 13.7 Å². The molecule has 0 saturated carbocycles. The molecule has 10 nitrogen and oxygen atoms in total. The normalized spacial score (nSPS) is 13.6.